The summed E-state index contributed by atoms with van der Waals surface area (Å²) in [6, 6.07) is 0.00926. The molecule has 208 valence electrons. The molecule has 4 heteroatoms. The van der Waals surface area contributed by atoms with Crippen molar-refractivity contribution in [3.05, 3.63) is 11.6 Å². The van der Waals surface area contributed by atoms with Crippen LogP contribution < -0.4 is 0 Å². The first kappa shape index (κ1) is 28.6. The second-order valence-electron chi connectivity index (χ2n) is 14.3. The van der Waals surface area contributed by atoms with E-state index in [1.54, 1.807) is 5.57 Å². The molecular weight excluding hydrogens is 446 g/mol. The molecule has 3 saturated carbocycles. The average Bonchev–Trinajstić information content (AvgIpc) is 3.41. The Bertz CT molecular complexity index is 752. The van der Waals surface area contributed by atoms with Crippen molar-refractivity contribution in [1.29, 1.82) is 0 Å². The highest BCUT2D eigenvalue weighted by Gasteiger charge is 2.59. The lowest BCUT2D eigenvalue weighted by atomic mass is 9.47. The predicted molar refractivity (Wildman–Crippen MR) is 148 cm³/mol. The Kier molecular flexibility index (Phi) is 9.34. The molecule has 0 amide bonds. The molecule has 5 rings (SSSR count). The van der Waals surface area contributed by atoms with Crippen LogP contribution in [-0.2, 0) is 0 Å². The van der Waals surface area contributed by atoms with Crippen LogP contribution >= 0.6 is 0 Å². The molecule has 4 fully saturated rings. The molecule has 0 spiro atoms. The van der Waals surface area contributed by atoms with E-state index >= 15 is 0 Å². The van der Waals surface area contributed by atoms with E-state index in [0.29, 0.717) is 17.4 Å². The van der Waals surface area contributed by atoms with Gasteiger partial charge in [0, 0.05) is 6.54 Å². The highest BCUT2D eigenvalue weighted by Crippen LogP contribution is 2.67. The standard InChI is InChI=1S/C27H46O.C5H11NO2/c1-18(2)7-6-8-19(3)23-11-12-24-22-10-9-20-17-21(28)13-15-26(20,4)25(22)14-16-27(23,24)5;7-4-5-2-1-3-6(5)8/h9,18-19,21-25,28H,6-8,10-17H2,1-5H3;5,7-8H,1-4H2/t19-,21+,22+,23-,24+,25+,26+,27-;/m1./s1. The van der Waals surface area contributed by atoms with E-state index in [1.165, 1.54) is 62.9 Å². The number of hydrogen-bond acceptors (Lipinski definition) is 4. The van der Waals surface area contributed by atoms with E-state index in [9.17, 15) is 5.11 Å². The van der Waals surface area contributed by atoms with Crippen LogP contribution in [0.4, 0.5) is 0 Å². The molecule has 0 aromatic rings. The molecule has 1 unspecified atom stereocenters. The van der Waals surface area contributed by atoms with Gasteiger partial charge in [-0.2, -0.15) is 5.06 Å². The molecule has 0 aromatic heterocycles. The second-order valence-corrected chi connectivity index (χ2v) is 14.3. The number of allylic oxidation sites excluding steroid dienone is 1. The molecular formula is C32H57NO3. The molecule has 4 aliphatic carbocycles. The summed E-state index contributed by atoms with van der Waals surface area (Å²) in [4.78, 5) is 0. The summed E-state index contributed by atoms with van der Waals surface area (Å²) in [5.41, 5.74) is 2.60. The summed E-state index contributed by atoms with van der Waals surface area (Å²) in [7, 11) is 0. The molecule has 9 atom stereocenters. The summed E-state index contributed by atoms with van der Waals surface area (Å²) >= 11 is 0. The Balaban J connectivity index is 0.000000325. The molecule has 3 N–H and O–H groups in total. The van der Waals surface area contributed by atoms with Crippen molar-refractivity contribution in [3.63, 3.8) is 0 Å². The Morgan fingerprint density at radius 2 is 1.78 bits per heavy atom. The van der Waals surface area contributed by atoms with E-state index in [1.807, 2.05) is 0 Å². The number of nitrogens with zero attached hydrogens (tertiary/aromatic N) is 1. The van der Waals surface area contributed by atoms with Crippen LogP contribution in [0, 0.1) is 46.3 Å². The normalized spacial score (nSPS) is 43.2. The van der Waals surface area contributed by atoms with Crippen LogP contribution in [0.2, 0.25) is 0 Å². The number of hydrogen-bond donors (Lipinski definition) is 3. The zero-order valence-corrected chi connectivity index (χ0v) is 24.1. The van der Waals surface area contributed by atoms with Crippen LogP contribution in [0.15, 0.2) is 11.6 Å². The maximum atomic E-state index is 10.2. The molecule has 4 nitrogen and oxygen atoms in total. The van der Waals surface area contributed by atoms with Crippen molar-refractivity contribution in [3.8, 4) is 0 Å². The maximum absolute atomic E-state index is 10.2. The zero-order chi connectivity index (χ0) is 26.1. The Hall–Kier alpha value is -0.420. The smallest absolute Gasteiger partial charge is 0.0610 e. The topological polar surface area (TPSA) is 63.9 Å². The Labute approximate surface area is 221 Å². The van der Waals surface area contributed by atoms with Crippen LogP contribution in [-0.4, -0.2) is 45.8 Å². The molecule has 1 aliphatic heterocycles. The van der Waals surface area contributed by atoms with Crippen molar-refractivity contribution < 1.29 is 15.4 Å². The summed E-state index contributed by atoms with van der Waals surface area (Å²) in [6.07, 6.45) is 19.1. The minimum Gasteiger partial charge on any atom is -0.395 e. The number of hydroxylamine groups is 2. The largest absolute Gasteiger partial charge is 0.395 e. The van der Waals surface area contributed by atoms with Crippen molar-refractivity contribution in [2.45, 2.75) is 130 Å². The van der Waals surface area contributed by atoms with Crippen LogP contribution in [0.5, 0.6) is 0 Å². The minimum atomic E-state index is -0.0766. The Morgan fingerprint density at radius 1 is 1.00 bits per heavy atom. The number of fused-ring (bicyclic) bond motifs is 5. The molecule has 1 heterocycles. The summed E-state index contributed by atoms with van der Waals surface area (Å²) in [6.45, 7) is 13.4. The van der Waals surface area contributed by atoms with Crippen LogP contribution in [0.1, 0.15) is 118 Å². The first-order chi connectivity index (χ1) is 17.1. The lowest BCUT2D eigenvalue weighted by molar-refractivity contribution is -0.113. The van der Waals surface area contributed by atoms with Gasteiger partial charge in [-0.15, -0.1) is 0 Å². The predicted octanol–water partition coefficient (Wildman–Crippen LogP) is 7.22. The van der Waals surface area contributed by atoms with Gasteiger partial charge >= 0.3 is 0 Å². The molecule has 1 saturated heterocycles. The van der Waals surface area contributed by atoms with Gasteiger partial charge in [0.2, 0.25) is 0 Å². The Morgan fingerprint density at radius 3 is 2.42 bits per heavy atom. The molecule has 36 heavy (non-hydrogen) atoms. The molecule has 0 aromatic carbocycles. The first-order valence-electron chi connectivity index (χ1n) is 15.5. The average molecular weight is 504 g/mol. The van der Waals surface area contributed by atoms with Crippen molar-refractivity contribution in [2.24, 2.45) is 46.3 Å². The monoisotopic (exact) mass is 503 g/mol. The lowest BCUT2D eigenvalue weighted by Crippen LogP contribution is -2.50. The third kappa shape index (κ3) is 5.63. The highest BCUT2D eigenvalue weighted by molar-refractivity contribution is 5.25. The van der Waals surface area contributed by atoms with Crippen molar-refractivity contribution in [1.82, 2.24) is 5.06 Å². The van der Waals surface area contributed by atoms with E-state index in [0.717, 1.165) is 61.2 Å². The van der Waals surface area contributed by atoms with Gasteiger partial charge in [0.05, 0.1) is 18.8 Å². The number of rotatable bonds is 6. The lowest BCUT2D eigenvalue weighted by Gasteiger charge is -2.58. The van der Waals surface area contributed by atoms with Gasteiger partial charge < -0.3 is 15.4 Å². The summed E-state index contributed by atoms with van der Waals surface area (Å²) in [5.74, 6) is 5.46. The van der Waals surface area contributed by atoms with Gasteiger partial charge in [-0.25, -0.2) is 0 Å². The SMILES string of the molecule is CC(C)CCC[C@@H](C)[C@H]1CC[C@H]2[C@@H]3CC=C4C[C@@H](O)CC[C@]4(C)[C@H]3CC[C@]12C.OCC1CCCN1O. The van der Waals surface area contributed by atoms with Crippen LogP contribution in [0.25, 0.3) is 0 Å². The second kappa shape index (κ2) is 11.8. The van der Waals surface area contributed by atoms with Gasteiger partial charge in [0.1, 0.15) is 0 Å². The van der Waals surface area contributed by atoms with E-state index < -0.39 is 0 Å². The molecule has 0 bridgehead atoms. The zero-order valence-electron chi connectivity index (χ0n) is 24.1. The minimum absolute atomic E-state index is 0.00926. The van der Waals surface area contributed by atoms with Crippen molar-refractivity contribution >= 4 is 0 Å². The first-order valence-corrected chi connectivity index (χ1v) is 15.5. The maximum Gasteiger partial charge on any atom is 0.0610 e. The quantitative estimate of drug-likeness (QED) is 0.335. The van der Waals surface area contributed by atoms with E-state index in [4.69, 9.17) is 10.3 Å². The van der Waals surface area contributed by atoms with Crippen LogP contribution in [0.3, 0.4) is 0 Å². The third-order valence-corrected chi connectivity index (χ3v) is 11.8. The third-order valence-electron chi connectivity index (χ3n) is 11.8. The highest BCUT2D eigenvalue weighted by atomic mass is 16.5. The van der Waals surface area contributed by atoms with E-state index in [-0.39, 0.29) is 18.8 Å². The fourth-order valence-electron chi connectivity index (χ4n) is 9.67. The number of aliphatic hydroxyl groups excluding tert-OH is 2. The van der Waals surface area contributed by atoms with Gasteiger partial charge in [-0.3, -0.25) is 0 Å². The summed E-state index contributed by atoms with van der Waals surface area (Å²) in [5, 5.41) is 28.8. The van der Waals surface area contributed by atoms with Gasteiger partial charge in [0.15, 0.2) is 0 Å². The molecule has 5 aliphatic rings. The van der Waals surface area contributed by atoms with E-state index in [2.05, 4.69) is 40.7 Å². The van der Waals surface area contributed by atoms with Crippen molar-refractivity contribution in [2.75, 3.05) is 13.2 Å². The van der Waals surface area contributed by atoms with Gasteiger partial charge in [-0.05, 0) is 111 Å². The van der Waals surface area contributed by atoms with Gasteiger partial charge in [-0.1, -0.05) is 65.5 Å². The summed E-state index contributed by atoms with van der Waals surface area (Å²) < 4.78 is 0. The fraction of sp³-hybridized carbons (Fsp3) is 0.938. The fourth-order valence-corrected chi connectivity index (χ4v) is 9.67. The van der Waals surface area contributed by atoms with Gasteiger partial charge in [0.25, 0.3) is 0 Å². The number of aliphatic hydroxyl groups is 2. The molecule has 0 radical (unpaired) electrons.